The molecule has 0 spiro atoms. The van der Waals surface area contributed by atoms with E-state index in [1.54, 1.807) is 27.7 Å². The zero-order valence-electron chi connectivity index (χ0n) is 22.0. The van der Waals surface area contributed by atoms with Crippen LogP contribution in [0.15, 0.2) is 41.2 Å². The average Bonchev–Trinajstić information content (AvgIpc) is 3.13. The molecule has 2 amide bonds. The molecule has 1 aromatic rings. The first-order valence-electron chi connectivity index (χ1n) is 12.0. The molecule has 1 heterocycles. The van der Waals surface area contributed by atoms with E-state index in [-0.39, 0.29) is 48.9 Å². The van der Waals surface area contributed by atoms with Gasteiger partial charge in [0.1, 0.15) is 17.6 Å². The lowest BCUT2D eigenvalue weighted by molar-refractivity contribution is -0.134. The van der Waals surface area contributed by atoms with Gasteiger partial charge in [-0.2, -0.15) is 9.38 Å². The maximum Gasteiger partial charge on any atom is 0.270 e. The molecule has 9 nitrogen and oxygen atoms in total. The van der Waals surface area contributed by atoms with Crippen LogP contribution in [0.1, 0.15) is 48.0 Å². The van der Waals surface area contributed by atoms with Crippen LogP contribution in [0.25, 0.3) is 0 Å². The Kier molecular flexibility index (Phi) is 10.2. The van der Waals surface area contributed by atoms with E-state index in [9.17, 15) is 23.5 Å². The molecule has 0 saturated heterocycles. The number of nitrogens with two attached hydrogens (primary N) is 1. The van der Waals surface area contributed by atoms with Gasteiger partial charge in [0.2, 0.25) is 11.6 Å². The second-order valence-electron chi connectivity index (χ2n) is 10.1. The largest absolute Gasteiger partial charge is 0.488 e. The van der Waals surface area contributed by atoms with Crippen LogP contribution in [0.5, 0.6) is 11.5 Å². The monoisotopic (exact) mass is 522 g/mol. The molecule has 1 unspecified atom stereocenters. The second-order valence-corrected chi connectivity index (χ2v) is 10.1. The van der Waals surface area contributed by atoms with Crippen molar-refractivity contribution in [2.24, 2.45) is 16.6 Å². The highest BCUT2D eigenvalue weighted by atomic mass is 19.1. The van der Waals surface area contributed by atoms with Gasteiger partial charge in [-0.15, -0.1) is 0 Å². The van der Waals surface area contributed by atoms with Gasteiger partial charge in [-0.3, -0.25) is 9.59 Å². The number of hydrogen-bond acceptors (Lipinski definition) is 6. The molecule has 0 fully saturated rings. The SMILES string of the molecule is CC(C)CC(C(=O)N=C(N)/C=C\NCC(C)(C)O)N1CC(Oc2c(F)ccc(OC(C)C)c2F)=CC1=O. The molecular formula is C26H36F2N4O5. The Bertz CT molecular complexity index is 1080. The molecule has 0 radical (unpaired) electrons. The van der Waals surface area contributed by atoms with Gasteiger partial charge in [-0.25, -0.2) is 4.39 Å². The second kappa shape index (κ2) is 12.7. The number of carbonyl (C=O) groups excluding carboxylic acids is 2. The van der Waals surface area contributed by atoms with Crippen molar-refractivity contribution in [3.63, 3.8) is 0 Å². The van der Waals surface area contributed by atoms with Gasteiger partial charge in [-0.05, 0) is 58.2 Å². The summed E-state index contributed by atoms with van der Waals surface area (Å²) in [6.07, 6.45) is 3.84. The maximum atomic E-state index is 14.8. The van der Waals surface area contributed by atoms with E-state index in [1.165, 1.54) is 17.2 Å². The lowest BCUT2D eigenvalue weighted by Crippen LogP contribution is -2.43. The number of carbonyl (C=O) groups is 2. The number of halogens is 2. The molecule has 0 saturated carbocycles. The van der Waals surface area contributed by atoms with Crippen LogP contribution in [-0.2, 0) is 9.59 Å². The summed E-state index contributed by atoms with van der Waals surface area (Å²) in [6.45, 7) is 10.5. The van der Waals surface area contributed by atoms with E-state index in [4.69, 9.17) is 15.2 Å². The first kappa shape index (κ1) is 29.8. The fraction of sp³-hybridized carbons (Fsp3) is 0.500. The van der Waals surface area contributed by atoms with Gasteiger partial charge < -0.3 is 30.5 Å². The van der Waals surface area contributed by atoms with Crippen molar-refractivity contribution in [3.8, 4) is 11.5 Å². The number of ether oxygens (including phenoxy) is 2. The van der Waals surface area contributed by atoms with Crippen LogP contribution in [0, 0.1) is 17.6 Å². The average molecular weight is 523 g/mol. The lowest BCUT2D eigenvalue weighted by Gasteiger charge is -2.27. The van der Waals surface area contributed by atoms with Gasteiger partial charge in [0.05, 0.1) is 18.2 Å². The lowest BCUT2D eigenvalue weighted by atomic mass is 10.0. The fourth-order valence-electron chi connectivity index (χ4n) is 3.42. The number of aliphatic imine (C=N–C) groups is 1. The Hall–Kier alpha value is -3.47. The number of hydrogen-bond donors (Lipinski definition) is 3. The van der Waals surface area contributed by atoms with E-state index in [1.807, 2.05) is 13.8 Å². The molecule has 1 atom stereocenters. The molecule has 0 bridgehead atoms. The topological polar surface area (TPSA) is 126 Å². The van der Waals surface area contributed by atoms with Gasteiger partial charge in [0, 0.05) is 18.8 Å². The van der Waals surface area contributed by atoms with Crippen LogP contribution in [0.2, 0.25) is 0 Å². The molecule has 0 aromatic heterocycles. The normalized spacial score (nSPS) is 15.5. The van der Waals surface area contributed by atoms with Crippen molar-refractivity contribution in [1.29, 1.82) is 0 Å². The highest BCUT2D eigenvalue weighted by Gasteiger charge is 2.35. The highest BCUT2D eigenvalue weighted by molar-refractivity contribution is 6.03. The minimum Gasteiger partial charge on any atom is -0.488 e. The molecule has 1 aromatic carbocycles. The summed E-state index contributed by atoms with van der Waals surface area (Å²) in [7, 11) is 0. The Balaban J connectivity index is 2.18. The maximum absolute atomic E-state index is 14.8. The van der Waals surface area contributed by atoms with Crippen molar-refractivity contribution < 1.29 is 33.0 Å². The summed E-state index contributed by atoms with van der Waals surface area (Å²) in [6, 6.07) is 1.20. The predicted octanol–water partition coefficient (Wildman–Crippen LogP) is 3.03. The Labute approximate surface area is 216 Å². The van der Waals surface area contributed by atoms with E-state index in [2.05, 4.69) is 10.3 Å². The Morgan fingerprint density at radius 1 is 1.30 bits per heavy atom. The zero-order chi connectivity index (χ0) is 27.9. The minimum atomic E-state index is -1.03. The summed E-state index contributed by atoms with van der Waals surface area (Å²) < 4.78 is 39.9. The zero-order valence-corrected chi connectivity index (χ0v) is 22.0. The van der Waals surface area contributed by atoms with Gasteiger partial charge in [0.15, 0.2) is 11.6 Å². The molecule has 0 aliphatic carbocycles. The number of nitrogens with zero attached hydrogens (tertiary/aromatic N) is 2. The van der Waals surface area contributed by atoms with Crippen molar-refractivity contribution in [3.05, 3.63) is 47.9 Å². The van der Waals surface area contributed by atoms with Crippen LogP contribution in [0.3, 0.4) is 0 Å². The molecule has 4 N–H and O–H groups in total. The number of rotatable bonds is 12. The summed E-state index contributed by atoms with van der Waals surface area (Å²) in [5, 5.41) is 12.6. The van der Waals surface area contributed by atoms with E-state index in [0.29, 0.717) is 0 Å². The van der Waals surface area contributed by atoms with Gasteiger partial charge in [-0.1, -0.05) is 13.8 Å². The Morgan fingerprint density at radius 2 is 1.97 bits per heavy atom. The molecule has 11 heteroatoms. The number of amides is 2. The number of benzene rings is 1. The van der Waals surface area contributed by atoms with Crippen LogP contribution in [0.4, 0.5) is 8.78 Å². The van der Waals surface area contributed by atoms with E-state index in [0.717, 1.165) is 18.2 Å². The third-order valence-electron chi connectivity index (χ3n) is 5.01. The number of aliphatic hydroxyl groups is 1. The smallest absolute Gasteiger partial charge is 0.270 e. The summed E-state index contributed by atoms with van der Waals surface area (Å²) >= 11 is 0. The first-order valence-corrected chi connectivity index (χ1v) is 12.0. The third kappa shape index (κ3) is 9.16. The predicted molar refractivity (Wildman–Crippen MR) is 136 cm³/mol. The molecule has 1 aliphatic rings. The number of amidine groups is 1. The van der Waals surface area contributed by atoms with Crippen LogP contribution < -0.4 is 20.5 Å². The third-order valence-corrected chi connectivity index (χ3v) is 5.01. The van der Waals surface area contributed by atoms with Gasteiger partial charge >= 0.3 is 0 Å². The molecule has 204 valence electrons. The van der Waals surface area contributed by atoms with E-state index < -0.39 is 40.8 Å². The van der Waals surface area contributed by atoms with Crippen LogP contribution in [-0.4, -0.2) is 58.5 Å². The standard InChI is InChI=1S/C26H36F2N4O5/c1-15(2)11-19(25(34)31-21(29)9-10-30-14-26(5,6)35)32-13-17(12-22(32)33)37-24-18(27)7-8-20(23(24)28)36-16(3)4/h7-10,12,15-16,19,30,35H,11,13-14H2,1-6H3,(H2,29,31,34)/b10-9-. The van der Waals surface area contributed by atoms with Crippen molar-refractivity contribution in [2.75, 3.05) is 13.1 Å². The highest BCUT2D eigenvalue weighted by Crippen LogP contribution is 2.33. The summed E-state index contributed by atoms with van der Waals surface area (Å²) in [4.78, 5) is 30.9. The minimum absolute atomic E-state index is 0.0203. The van der Waals surface area contributed by atoms with Crippen LogP contribution >= 0.6 is 0 Å². The molecule has 2 rings (SSSR count). The Morgan fingerprint density at radius 3 is 2.57 bits per heavy atom. The van der Waals surface area contributed by atoms with Crippen molar-refractivity contribution in [1.82, 2.24) is 10.2 Å². The van der Waals surface area contributed by atoms with E-state index >= 15 is 0 Å². The molecular weight excluding hydrogens is 486 g/mol. The number of nitrogens with one attached hydrogen (secondary N) is 1. The van der Waals surface area contributed by atoms with Crippen molar-refractivity contribution >= 4 is 17.6 Å². The van der Waals surface area contributed by atoms with Gasteiger partial charge in [0.25, 0.3) is 11.8 Å². The molecule has 37 heavy (non-hydrogen) atoms. The van der Waals surface area contributed by atoms with Crippen molar-refractivity contribution in [2.45, 2.75) is 65.7 Å². The quantitative estimate of drug-likeness (QED) is 0.285. The fourth-order valence-corrected chi connectivity index (χ4v) is 3.42. The molecule has 1 aliphatic heterocycles. The summed E-state index contributed by atoms with van der Waals surface area (Å²) in [5.41, 5.74) is 4.90. The first-order chi connectivity index (χ1) is 17.2. The summed E-state index contributed by atoms with van der Waals surface area (Å²) in [5.74, 6) is -4.18.